The van der Waals surface area contributed by atoms with Gasteiger partial charge in [0.25, 0.3) is 0 Å². The first kappa shape index (κ1) is 17.0. The minimum Gasteiger partial charge on any atom is -0.380 e. The number of aromatic amines is 1. The molecule has 26 heavy (non-hydrogen) atoms. The Hall–Kier alpha value is -2.45. The second-order valence-corrected chi connectivity index (χ2v) is 6.85. The summed E-state index contributed by atoms with van der Waals surface area (Å²) in [6.07, 6.45) is 2.79. The lowest BCUT2D eigenvalue weighted by Gasteiger charge is -2.23. The molecule has 1 aromatic carbocycles. The van der Waals surface area contributed by atoms with Crippen LogP contribution in [0.2, 0.25) is 0 Å². The van der Waals surface area contributed by atoms with E-state index < -0.39 is 0 Å². The van der Waals surface area contributed by atoms with Gasteiger partial charge in [-0.05, 0) is 31.0 Å². The van der Waals surface area contributed by atoms with E-state index in [1.807, 2.05) is 24.9 Å². The van der Waals surface area contributed by atoms with E-state index in [-0.39, 0.29) is 17.8 Å². The summed E-state index contributed by atoms with van der Waals surface area (Å²) in [7, 11) is 3.74. The molecule has 0 unspecified atom stereocenters. The van der Waals surface area contributed by atoms with E-state index in [1.165, 1.54) is 5.56 Å². The molecule has 2 atom stereocenters. The van der Waals surface area contributed by atoms with E-state index in [9.17, 15) is 4.79 Å². The van der Waals surface area contributed by atoms with Gasteiger partial charge < -0.3 is 9.30 Å². The minimum atomic E-state index is -0.154. The Balaban J connectivity index is 1.64. The van der Waals surface area contributed by atoms with E-state index in [0.717, 1.165) is 36.4 Å². The van der Waals surface area contributed by atoms with Crippen LogP contribution < -0.4 is 5.69 Å². The lowest BCUT2D eigenvalue weighted by atomic mass is 10.1. The Morgan fingerprint density at radius 1 is 1.38 bits per heavy atom. The summed E-state index contributed by atoms with van der Waals surface area (Å²) in [6, 6.07) is 6.42. The van der Waals surface area contributed by atoms with Crippen LogP contribution in [0.4, 0.5) is 0 Å². The van der Waals surface area contributed by atoms with Crippen LogP contribution >= 0.6 is 0 Å². The van der Waals surface area contributed by atoms with Gasteiger partial charge in [0.15, 0.2) is 5.82 Å². The molecule has 3 aromatic rings. The van der Waals surface area contributed by atoms with E-state index in [4.69, 9.17) is 4.74 Å². The second kappa shape index (κ2) is 6.69. The normalized spacial score (nSPS) is 21.0. The van der Waals surface area contributed by atoms with Gasteiger partial charge in [0.2, 0.25) is 0 Å². The molecule has 0 radical (unpaired) electrons. The first-order valence-corrected chi connectivity index (χ1v) is 8.92. The Labute approximate surface area is 151 Å². The molecule has 2 aromatic heterocycles. The van der Waals surface area contributed by atoms with Gasteiger partial charge in [-0.25, -0.2) is 14.9 Å². The number of aryl methyl sites for hydroxylation is 1. The van der Waals surface area contributed by atoms with Gasteiger partial charge in [0.05, 0.1) is 29.5 Å². The number of fused-ring (bicyclic) bond motifs is 1. The molecule has 0 saturated carbocycles. The summed E-state index contributed by atoms with van der Waals surface area (Å²) in [5, 5.41) is 6.88. The maximum atomic E-state index is 12.0. The third-order valence-corrected chi connectivity index (χ3v) is 5.28. The van der Waals surface area contributed by atoms with Gasteiger partial charge in [-0.2, -0.15) is 5.10 Å². The van der Waals surface area contributed by atoms with Crippen molar-refractivity contribution in [2.75, 3.05) is 13.7 Å². The van der Waals surface area contributed by atoms with Crippen LogP contribution in [0.1, 0.15) is 30.8 Å². The number of H-pyrrole nitrogens is 1. The highest BCUT2D eigenvalue weighted by molar-refractivity contribution is 5.75. The lowest BCUT2D eigenvalue weighted by Crippen LogP contribution is -2.28. The average Bonchev–Trinajstić information content (AvgIpc) is 3.32. The highest BCUT2D eigenvalue weighted by atomic mass is 16.5. The van der Waals surface area contributed by atoms with E-state index in [1.54, 1.807) is 11.7 Å². The molecule has 4 rings (SSSR count). The number of hydrogen-bond acceptors (Lipinski definition) is 5. The number of aromatic nitrogens is 5. The van der Waals surface area contributed by atoms with Crippen LogP contribution in [0.15, 0.2) is 29.3 Å². The molecule has 8 nitrogen and oxygen atoms in total. The van der Waals surface area contributed by atoms with Gasteiger partial charge in [0, 0.05) is 33.8 Å². The lowest BCUT2D eigenvalue weighted by molar-refractivity contribution is 0.107. The fraction of sp³-hybridized carbons (Fsp3) is 0.500. The third kappa shape index (κ3) is 2.85. The number of nitrogens with zero attached hydrogens (tertiary/aromatic N) is 5. The zero-order valence-electron chi connectivity index (χ0n) is 15.3. The number of rotatable bonds is 5. The number of nitrogens with one attached hydrogen (secondary N) is 1. The number of benzene rings is 1. The van der Waals surface area contributed by atoms with Gasteiger partial charge in [-0.15, -0.1) is 0 Å². The van der Waals surface area contributed by atoms with Crippen LogP contribution in [0.3, 0.4) is 0 Å². The molecule has 0 aliphatic carbocycles. The zero-order chi connectivity index (χ0) is 18.3. The number of ether oxygens (including phenoxy) is 1. The summed E-state index contributed by atoms with van der Waals surface area (Å²) in [4.78, 5) is 18.8. The van der Waals surface area contributed by atoms with Crippen molar-refractivity contribution in [1.29, 1.82) is 0 Å². The molecule has 138 valence electrons. The Morgan fingerprint density at radius 3 is 3.00 bits per heavy atom. The molecule has 0 spiro atoms. The summed E-state index contributed by atoms with van der Waals surface area (Å²) in [5.41, 5.74) is 3.15. The molecule has 3 heterocycles. The van der Waals surface area contributed by atoms with Gasteiger partial charge in [-0.3, -0.25) is 9.47 Å². The molecule has 1 saturated heterocycles. The Morgan fingerprint density at radius 2 is 2.23 bits per heavy atom. The topological polar surface area (TPSA) is 81.0 Å². The smallest absolute Gasteiger partial charge is 0.343 e. The predicted octanol–water partition coefficient (Wildman–Crippen LogP) is 1.44. The fourth-order valence-corrected chi connectivity index (χ4v) is 3.88. The van der Waals surface area contributed by atoms with Crippen molar-refractivity contribution in [3.05, 3.63) is 46.4 Å². The van der Waals surface area contributed by atoms with E-state index >= 15 is 0 Å². The van der Waals surface area contributed by atoms with Crippen LogP contribution in [-0.4, -0.2) is 49.0 Å². The maximum Gasteiger partial charge on any atom is 0.343 e. The third-order valence-electron chi connectivity index (χ3n) is 5.28. The molecule has 0 amide bonds. The zero-order valence-corrected chi connectivity index (χ0v) is 15.3. The van der Waals surface area contributed by atoms with Crippen LogP contribution in [0, 0.1) is 0 Å². The molecule has 0 bridgehead atoms. The van der Waals surface area contributed by atoms with Crippen molar-refractivity contribution in [3.63, 3.8) is 0 Å². The van der Waals surface area contributed by atoms with Gasteiger partial charge >= 0.3 is 5.69 Å². The number of hydrogen-bond donors (Lipinski definition) is 1. The first-order chi connectivity index (χ1) is 12.6. The van der Waals surface area contributed by atoms with E-state index in [2.05, 4.69) is 38.3 Å². The van der Waals surface area contributed by atoms with Crippen LogP contribution in [0.5, 0.6) is 0 Å². The number of methoxy groups -OCH3 is 1. The Bertz CT molecular complexity index is 972. The SMILES string of the molecule is CCn1c([C@@H]2C[C@H](OC)CN2Cc2ccc3c(c2)ncn3C)n[nH]c1=O. The number of imidazole rings is 1. The minimum absolute atomic E-state index is 0.0540. The van der Waals surface area contributed by atoms with Crippen molar-refractivity contribution < 1.29 is 4.74 Å². The van der Waals surface area contributed by atoms with Gasteiger partial charge in [0.1, 0.15) is 0 Å². The fourth-order valence-electron chi connectivity index (χ4n) is 3.88. The highest BCUT2D eigenvalue weighted by Gasteiger charge is 2.36. The molecular formula is C18H24N6O2. The van der Waals surface area contributed by atoms with Crippen molar-refractivity contribution in [2.45, 2.75) is 38.6 Å². The molecule has 1 aliphatic rings. The standard InChI is InChI=1S/C18H24N6O2/c1-4-24-17(20-21-18(24)25)16-8-13(26-3)10-23(16)9-12-5-6-15-14(7-12)19-11-22(15)2/h5-7,11,13,16H,4,8-10H2,1-3H3,(H,21,25)/t13-,16-/m0/s1. The molecule has 1 fully saturated rings. The summed E-state index contributed by atoms with van der Waals surface area (Å²) in [6.45, 7) is 4.14. The molecular weight excluding hydrogens is 332 g/mol. The second-order valence-electron chi connectivity index (χ2n) is 6.85. The Kier molecular flexibility index (Phi) is 4.37. The summed E-state index contributed by atoms with van der Waals surface area (Å²) >= 11 is 0. The van der Waals surface area contributed by atoms with Gasteiger partial charge in [-0.1, -0.05) is 6.07 Å². The predicted molar refractivity (Wildman–Crippen MR) is 97.8 cm³/mol. The van der Waals surface area contributed by atoms with Crippen LogP contribution in [0.25, 0.3) is 11.0 Å². The molecule has 1 aliphatic heterocycles. The van der Waals surface area contributed by atoms with Crippen molar-refractivity contribution in [3.8, 4) is 0 Å². The highest BCUT2D eigenvalue weighted by Crippen LogP contribution is 2.33. The first-order valence-electron chi connectivity index (χ1n) is 8.92. The quantitative estimate of drug-likeness (QED) is 0.748. The number of likely N-dealkylation sites (tertiary alicyclic amines) is 1. The summed E-state index contributed by atoms with van der Waals surface area (Å²) < 4.78 is 9.32. The molecule has 8 heteroatoms. The largest absolute Gasteiger partial charge is 0.380 e. The van der Waals surface area contributed by atoms with Crippen molar-refractivity contribution >= 4 is 11.0 Å². The van der Waals surface area contributed by atoms with E-state index in [0.29, 0.717) is 6.54 Å². The van der Waals surface area contributed by atoms with Crippen molar-refractivity contribution in [2.24, 2.45) is 7.05 Å². The van der Waals surface area contributed by atoms with Crippen LogP contribution in [-0.2, 0) is 24.9 Å². The average molecular weight is 356 g/mol. The maximum absolute atomic E-state index is 12.0. The summed E-state index contributed by atoms with van der Waals surface area (Å²) in [5.74, 6) is 0.788. The monoisotopic (exact) mass is 356 g/mol. The van der Waals surface area contributed by atoms with Crippen molar-refractivity contribution in [1.82, 2.24) is 29.2 Å². The molecule has 1 N–H and O–H groups in total.